The zero-order valence-electron chi connectivity index (χ0n) is 11.9. The van der Waals surface area contributed by atoms with Crippen LogP contribution in [0.25, 0.3) is 0 Å². The molecule has 0 aliphatic carbocycles. The molecule has 0 unspecified atom stereocenters. The fourth-order valence-electron chi connectivity index (χ4n) is 1.88. The van der Waals surface area contributed by atoms with Crippen LogP contribution in [0.1, 0.15) is 25.3 Å². The van der Waals surface area contributed by atoms with Gasteiger partial charge in [-0.3, -0.25) is 0 Å². The number of benzene rings is 1. The summed E-state index contributed by atoms with van der Waals surface area (Å²) in [4.78, 5) is 2.18. The Morgan fingerprint density at radius 2 is 1.95 bits per heavy atom. The fraction of sp³-hybridized carbons (Fsp3) is 0.538. The van der Waals surface area contributed by atoms with Crippen LogP contribution in [0.5, 0.6) is 0 Å². The van der Waals surface area contributed by atoms with E-state index in [0.717, 1.165) is 18.8 Å². The summed E-state index contributed by atoms with van der Waals surface area (Å²) in [7, 11) is -4.07. The molecule has 0 atom stereocenters. The first-order chi connectivity index (χ1) is 8.42. The topological polar surface area (TPSA) is 60.4 Å². The minimum atomic E-state index is -4.07. The summed E-state index contributed by atoms with van der Waals surface area (Å²) in [6.45, 7) is 5.75. The Bertz CT molecular complexity index is 477. The summed E-state index contributed by atoms with van der Waals surface area (Å²) < 4.78 is 31.5. The molecule has 1 aromatic rings. The summed E-state index contributed by atoms with van der Waals surface area (Å²) in [5.41, 5.74) is 2.34. The van der Waals surface area contributed by atoms with E-state index in [1.54, 1.807) is 0 Å². The number of hydrogen-bond donors (Lipinski definition) is 0. The van der Waals surface area contributed by atoms with Gasteiger partial charge in [-0.1, -0.05) is 12.1 Å². The van der Waals surface area contributed by atoms with Crippen LogP contribution in [-0.2, 0) is 10.1 Å². The predicted molar refractivity (Wildman–Crippen MR) is 72.9 cm³/mol. The van der Waals surface area contributed by atoms with Crippen molar-refractivity contribution in [2.24, 2.45) is 0 Å². The normalized spacial score (nSPS) is 10.9. The third-order valence-electron chi connectivity index (χ3n) is 2.82. The van der Waals surface area contributed by atoms with Gasteiger partial charge in [0.25, 0.3) is 0 Å². The second-order valence-electron chi connectivity index (χ2n) is 4.39. The van der Waals surface area contributed by atoms with Crippen molar-refractivity contribution in [1.29, 1.82) is 0 Å². The smallest absolute Gasteiger partial charge is 0.748 e. The molecule has 0 bridgehead atoms. The molecule has 102 valence electrons. The average Bonchev–Trinajstić information content (AvgIpc) is 2.27. The summed E-state index contributed by atoms with van der Waals surface area (Å²) in [6, 6.07) is 8.20. The molecule has 4 nitrogen and oxygen atoms in total. The van der Waals surface area contributed by atoms with Gasteiger partial charge in [-0.05, 0) is 44.4 Å². The molecule has 0 spiro atoms. The quantitative estimate of drug-likeness (QED) is 0.373. The van der Waals surface area contributed by atoms with Gasteiger partial charge in [0.2, 0.25) is 0 Å². The van der Waals surface area contributed by atoms with E-state index in [2.05, 4.69) is 17.9 Å². The van der Waals surface area contributed by atoms with Crippen molar-refractivity contribution in [1.82, 2.24) is 0 Å². The number of anilines is 1. The van der Waals surface area contributed by atoms with Gasteiger partial charge in [0.1, 0.15) is 0 Å². The van der Waals surface area contributed by atoms with Gasteiger partial charge in [0.15, 0.2) is 0 Å². The third kappa shape index (κ3) is 7.95. The molecule has 0 heterocycles. The van der Waals surface area contributed by atoms with Gasteiger partial charge >= 0.3 is 29.6 Å². The molecule has 0 fully saturated rings. The van der Waals surface area contributed by atoms with Crippen molar-refractivity contribution >= 4 is 15.8 Å². The maximum atomic E-state index is 10.5. The van der Waals surface area contributed by atoms with E-state index in [4.69, 9.17) is 0 Å². The minimum absolute atomic E-state index is 0. The average molecular weight is 293 g/mol. The van der Waals surface area contributed by atoms with Crippen LogP contribution in [0.15, 0.2) is 24.3 Å². The van der Waals surface area contributed by atoms with E-state index in [-0.39, 0.29) is 35.3 Å². The van der Waals surface area contributed by atoms with E-state index in [1.165, 1.54) is 5.56 Å². The van der Waals surface area contributed by atoms with Gasteiger partial charge in [-0.15, -0.1) is 0 Å². The molecule has 0 aromatic heterocycles. The van der Waals surface area contributed by atoms with Crippen molar-refractivity contribution in [2.45, 2.75) is 26.7 Å². The predicted octanol–water partition coefficient (Wildman–Crippen LogP) is -0.849. The summed E-state index contributed by atoms with van der Waals surface area (Å²) in [5.74, 6) is -0.266. The summed E-state index contributed by atoms with van der Waals surface area (Å²) in [6.07, 6.45) is 1.14. The van der Waals surface area contributed by atoms with Gasteiger partial charge in [-0.2, -0.15) is 0 Å². The van der Waals surface area contributed by atoms with Gasteiger partial charge < -0.3 is 9.45 Å². The second-order valence-corrected chi connectivity index (χ2v) is 5.91. The minimum Gasteiger partial charge on any atom is -0.748 e. The van der Waals surface area contributed by atoms with E-state index in [1.807, 2.05) is 25.1 Å². The zero-order chi connectivity index (χ0) is 13.6. The fourth-order valence-corrected chi connectivity index (χ4v) is 2.43. The maximum absolute atomic E-state index is 10.5. The van der Waals surface area contributed by atoms with Crippen LogP contribution in [0.4, 0.5) is 5.69 Å². The molecule has 0 N–H and O–H groups in total. The standard InChI is InChI=1S/C13H21NO3S.Na/c1-3-14(9-4-5-10-18(15,16)17)13-8-6-7-12(2)11-13;/h6-8,11H,3-5,9-10H2,1-2H3,(H,15,16,17);/q;+1/p-1. The Hall–Kier alpha value is -0.0700. The number of hydrogen-bond acceptors (Lipinski definition) is 4. The Morgan fingerprint density at radius 1 is 1.26 bits per heavy atom. The van der Waals surface area contributed by atoms with Crippen LogP contribution in [0.3, 0.4) is 0 Å². The number of nitrogens with zero attached hydrogens (tertiary/aromatic N) is 1. The first-order valence-corrected chi connectivity index (χ1v) is 7.75. The summed E-state index contributed by atoms with van der Waals surface area (Å²) in [5, 5.41) is 0. The molecule has 0 saturated heterocycles. The molecular formula is C13H20NNaO3S. The van der Waals surface area contributed by atoms with Crippen molar-refractivity contribution in [2.75, 3.05) is 23.7 Å². The molecule has 0 aliphatic rings. The van der Waals surface area contributed by atoms with E-state index < -0.39 is 10.1 Å². The van der Waals surface area contributed by atoms with Gasteiger partial charge in [-0.25, -0.2) is 8.42 Å². The van der Waals surface area contributed by atoms with Gasteiger partial charge in [0, 0.05) is 24.5 Å². The molecule has 0 radical (unpaired) electrons. The molecule has 1 aromatic carbocycles. The first kappa shape index (κ1) is 18.9. The van der Waals surface area contributed by atoms with Crippen molar-refractivity contribution in [3.05, 3.63) is 29.8 Å². The van der Waals surface area contributed by atoms with Crippen molar-refractivity contribution in [3.63, 3.8) is 0 Å². The molecular weight excluding hydrogens is 273 g/mol. The number of unbranched alkanes of at least 4 members (excludes halogenated alkanes) is 1. The molecule has 1 rings (SSSR count). The number of aryl methyl sites for hydroxylation is 1. The Labute approximate surface area is 138 Å². The van der Waals surface area contributed by atoms with E-state index in [0.29, 0.717) is 12.8 Å². The number of rotatable bonds is 7. The van der Waals surface area contributed by atoms with Crippen LogP contribution in [0, 0.1) is 6.92 Å². The second kappa shape index (κ2) is 8.97. The molecule has 0 saturated carbocycles. The molecule has 0 amide bonds. The zero-order valence-corrected chi connectivity index (χ0v) is 14.7. The molecule has 6 heteroatoms. The third-order valence-corrected chi connectivity index (χ3v) is 3.61. The van der Waals surface area contributed by atoms with Crippen LogP contribution in [-0.4, -0.2) is 31.8 Å². The Balaban J connectivity index is 0.00000324. The van der Waals surface area contributed by atoms with Crippen LogP contribution in [0.2, 0.25) is 0 Å². The molecule has 0 aliphatic heterocycles. The van der Waals surface area contributed by atoms with Crippen LogP contribution < -0.4 is 34.5 Å². The maximum Gasteiger partial charge on any atom is 1.00 e. The van der Waals surface area contributed by atoms with Gasteiger partial charge in [0.05, 0.1) is 10.1 Å². The van der Waals surface area contributed by atoms with E-state index >= 15 is 0 Å². The van der Waals surface area contributed by atoms with Crippen molar-refractivity contribution < 1.29 is 42.5 Å². The largest absolute Gasteiger partial charge is 1.00 e. The SMILES string of the molecule is CCN(CCCCS(=O)(=O)[O-])c1cccc(C)c1.[Na+]. The first-order valence-electron chi connectivity index (χ1n) is 6.17. The van der Waals surface area contributed by atoms with Crippen LogP contribution >= 0.6 is 0 Å². The van der Waals surface area contributed by atoms with Crippen molar-refractivity contribution in [3.8, 4) is 0 Å². The summed E-state index contributed by atoms with van der Waals surface area (Å²) >= 11 is 0. The van der Waals surface area contributed by atoms with E-state index in [9.17, 15) is 13.0 Å². The monoisotopic (exact) mass is 293 g/mol. The Morgan fingerprint density at radius 3 is 2.47 bits per heavy atom. The Kier molecular flexibility index (Phi) is 8.94. The molecule has 19 heavy (non-hydrogen) atoms.